The molecule has 0 fully saturated rings. The molecule has 2 atom stereocenters. The molecule has 15 heavy (non-hydrogen) atoms. The van der Waals surface area contributed by atoms with E-state index in [0.29, 0.717) is 12.0 Å². The summed E-state index contributed by atoms with van der Waals surface area (Å²) < 4.78 is 14.3. The smallest absolute Gasteiger partial charge is 0.126 e. The minimum Gasteiger partial charge on any atom is -0.392 e. The summed E-state index contributed by atoms with van der Waals surface area (Å²) in [6.07, 6.45) is -0.0949. The Hall–Kier alpha value is -0.450. The Kier molecular flexibility index (Phi) is 4.70. The number of halogens is 2. The highest BCUT2D eigenvalue weighted by molar-refractivity contribution is 9.10. The standard InChI is InChI=1S/C11H15BrFNO/c1-7(4-9(15)6-14)10-5-8(12)2-3-11(10)13/h2-3,5,7,9,15H,4,6,14H2,1H3. The molecular formula is C11H15BrFNO. The van der Waals surface area contributed by atoms with Crippen LogP contribution in [-0.2, 0) is 0 Å². The summed E-state index contributed by atoms with van der Waals surface area (Å²) >= 11 is 3.29. The van der Waals surface area contributed by atoms with Crippen molar-refractivity contribution in [3.63, 3.8) is 0 Å². The maximum absolute atomic E-state index is 13.4. The Morgan fingerprint density at radius 3 is 2.80 bits per heavy atom. The third kappa shape index (κ3) is 3.55. The quantitative estimate of drug-likeness (QED) is 0.887. The molecule has 2 unspecified atom stereocenters. The number of hydrogen-bond acceptors (Lipinski definition) is 2. The first kappa shape index (κ1) is 12.6. The highest BCUT2D eigenvalue weighted by Gasteiger charge is 2.14. The van der Waals surface area contributed by atoms with E-state index in [9.17, 15) is 9.50 Å². The zero-order valence-electron chi connectivity index (χ0n) is 8.58. The Morgan fingerprint density at radius 2 is 2.20 bits per heavy atom. The van der Waals surface area contributed by atoms with E-state index in [2.05, 4.69) is 15.9 Å². The number of benzene rings is 1. The first-order valence-electron chi connectivity index (χ1n) is 4.87. The van der Waals surface area contributed by atoms with Crippen molar-refractivity contribution in [3.05, 3.63) is 34.1 Å². The molecule has 0 spiro atoms. The van der Waals surface area contributed by atoms with Gasteiger partial charge < -0.3 is 10.8 Å². The molecule has 84 valence electrons. The van der Waals surface area contributed by atoms with Crippen LogP contribution in [0.4, 0.5) is 4.39 Å². The van der Waals surface area contributed by atoms with Crippen molar-refractivity contribution >= 4 is 15.9 Å². The second kappa shape index (κ2) is 5.58. The summed E-state index contributed by atoms with van der Waals surface area (Å²) in [4.78, 5) is 0. The van der Waals surface area contributed by atoms with Crippen LogP contribution in [0.2, 0.25) is 0 Å². The zero-order valence-corrected chi connectivity index (χ0v) is 10.2. The zero-order chi connectivity index (χ0) is 11.4. The first-order chi connectivity index (χ1) is 7.04. The highest BCUT2D eigenvalue weighted by Crippen LogP contribution is 2.26. The number of aliphatic hydroxyl groups is 1. The second-order valence-electron chi connectivity index (χ2n) is 3.69. The average molecular weight is 276 g/mol. The number of aliphatic hydroxyl groups excluding tert-OH is 1. The molecule has 0 heterocycles. The molecule has 0 aliphatic carbocycles. The van der Waals surface area contributed by atoms with Gasteiger partial charge in [0.2, 0.25) is 0 Å². The SMILES string of the molecule is CC(CC(O)CN)c1cc(Br)ccc1F. The van der Waals surface area contributed by atoms with Gasteiger partial charge in [0.05, 0.1) is 6.10 Å². The van der Waals surface area contributed by atoms with Crippen LogP contribution in [0.3, 0.4) is 0 Å². The lowest BCUT2D eigenvalue weighted by Crippen LogP contribution is -2.21. The molecule has 0 aromatic heterocycles. The summed E-state index contributed by atoms with van der Waals surface area (Å²) in [5.74, 6) is -0.282. The van der Waals surface area contributed by atoms with Gasteiger partial charge in [0, 0.05) is 11.0 Å². The molecule has 0 aliphatic rings. The number of rotatable bonds is 4. The van der Waals surface area contributed by atoms with Gasteiger partial charge in [-0.15, -0.1) is 0 Å². The molecule has 3 N–H and O–H groups in total. The van der Waals surface area contributed by atoms with Crippen molar-refractivity contribution in [2.45, 2.75) is 25.4 Å². The van der Waals surface area contributed by atoms with E-state index in [1.807, 2.05) is 6.92 Å². The minimum atomic E-state index is -0.571. The molecule has 0 aliphatic heterocycles. The summed E-state index contributed by atoms with van der Waals surface area (Å²) in [6.45, 7) is 2.09. The van der Waals surface area contributed by atoms with Crippen molar-refractivity contribution < 1.29 is 9.50 Å². The van der Waals surface area contributed by atoms with Gasteiger partial charge in [-0.25, -0.2) is 4.39 Å². The molecule has 1 aromatic carbocycles. The molecule has 0 amide bonds. The fourth-order valence-electron chi connectivity index (χ4n) is 1.52. The van der Waals surface area contributed by atoms with Gasteiger partial charge >= 0.3 is 0 Å². The lowest BCUT2D eigenvalue weighted by atomic mass is 9.94. The van der Waals surface area contributed by atoms with Crippen LogP contribution in [0.25, 0.3) is 0 Å². The van der Waals surface area contributed by atoms with E-state index in [4.69, 9.17) is 5.73 Å². The molecule has 0 radical (unpaired) electrons. The minimum absolute atomic E-state index is 0.0407. The summed E-state index contributed by atoms with van der Waals surface area (Å²) in [6, 6.07) is 4.82. The second-order valence-corrected chi connectivity index (χ2v) is 4.61. The first-order valence-corrected chi connectivity index (χ1v) is 5.67. The van der Waals surface area contributed by atoms with E-state index in [1.54, 1.807) is 12.1 Å². The van der Waals surface area contributed by atoms with E-state index in [-0.39, 0.29) is 18.3 Å². The predicted molar refractivity (Wildman–Crippen MR) is 62.2 cm³/mol. The van der Waals surface area contributed by atoms with Crippen molar-refractivity contribution in [1.29, 1.82) is 0 Å². The highest BCUT2D eigenvalue weighted by atomic mass is 79.9. The molecule has 1 rings (SSSR count). The van der Waals surface area contributed by atoms with Crippen molar-refractivity contribution in [1.82, 2.24) is 0 Å². The molecule has 0 saturated carbocycles. The van der Waals surface area contributed by atoms with Crippen LogP contribution in [0.5, 0.6) is 0 Å². The van der Waals surface area contributed by atoms with Gasteiger partial charge in [0.25, 0.3) is 0 Å². The molecule has 1 aromatic rings. The molecule has 0 saturated heterocycles. The average Bonchev–Trinajstić information content (AvgIpc) is 2.21. The lowest BCUT2D eigenvalue weighted by Gasteiger charge is -2.16. The predicted octanol–water partition coefficient (Wildman–Crippen LogP) is 2.40. The molecular weight excluding hydrogens is 261 g/mol. The summed E-state index contributed by atoms with van der Waals surface area (Å²) in [5, 5.41) is 9.39. The Balaban J connectivity index is 2.80. The fraction of sp³-hybridized carbons (Fsp3) is 0.455. The molecule has 2 nitrogen and oxygen atoms in total. The fourth-order valence-corrected chi connectivity index (χ4v) is 1.90. The van der Waals surface area contributed by atoms with E-state index in [1.165, 1.54) is 6.07 Å². The number of hydrogen-bond donors (Lipinski definition) is 2. The van der Waals surface area contributed by atoms with Gasteiger partial charge in [-0.05, 0) is 36.1 Å². The van der Waals surface area contributed by atoms with Gasteiger partial charge in [0.15, 0.2) is 0 Å². The van der Waals surface area contributed by atoms with Crippen LogP contribution in [0, 0.1) is 5.82 Å². The largest absolute Gasteiger partial charge is 0.392 e. The van der Waals surface area contributed by atoms with E-state index in [0.717, 1.165) is 4.47 Å². The van der Waals surface area contributed by atoms with Crippen molar-refractivity contribution in [3.8, 4) is 0 Å². The topological polar surface area (TPSA) is 46.2 Å². The van der Waals surface area contributed by atoms with Crippen LogP contribution >= 0.6 is 15.9 Å². The lowest BCUT2D eigenvalue weighted by molar-refractivity contribution is 0.164. The Bertz CT molecular complexity index is 332. The Morgan fingerprint density at radius 1 is 1.53 bits per heavy atom. The molecule has 0 bridgehead atoms. The van der Waals surface area contributed by atoms with Gasteiger partial charge in [0.1, 0.15) is 5.82 Å². The van der Waals surface area contributed by atoms with Crippen LogP contribution < -0.4 is 5.73 Å². The van der Waals surface area contributed by atoms with E-state index >= 15 is 0 Å². The normalized spacial score (nSPS) is 15.0. The monoisotopic (exact) mass is 275 g/mol. The van der Waals surface area contributed by atoms with Crippen molar-refractivity contribution in [2.75, 3.05) is 6.54 Å². The van der Waals surface area contributed by atoms with E-state index < -0.39 is 6.10 Å². The maximum Gasteiger partial charge on any atom is 0.126 e. The maximum atomic E-state index is 13.4. The molecule has 4 heteroatoms. The van der Waals surface area contributed by atoms with Crippen molar-refractivity contribution in [2.24, 2.45) is 5.73 Å². The third-order valence-corrected chi connectivity index (χ3v) is 2.88. The summed E-state index contributed by atoms with van der Waals surface area (Å²) in [7, 11) is 0. The third-order valence-electron chi connectivity index (χ3n) is 2.39. The van der Waals surface area contributed by atoms with Gasteiger partial charge in [-0.1, -0.05) is 22.9 Å². The van der Waals surface area contributed by atoms with Crippen LogP contribution in [0.15, 0.2) is 22.7 Å². The van der Waals surface area contributed by atoms with Gasteiger partial charge in [-0.2, -0.15) is 0 Å². The number of nitrogens with two attached hydrogens (primary N) is 1. The van der Waals surface area contributed by atoms with Crippen LogP contribution in [0.1, 0.15) is 24.8 Å². The van der Waals surface area contributed by atoms with Gasteiger partial charge in [-0.3, -0.25) is 0 Å². The Labute approximate surface area is 97.4 Å². The summed E-state index contributed by atoms with van der Waals surface area (Å²) in [5.41, 5.74) is 5.92. The van der Waals surface area contributed by atoms with Crippen LogP contribution in [-0.4, -0.2) is 17.8 Å².